The molecular weight excluding hydrogens is 314 g/mol. The monoisotopic (exact) mass is 327 g/mol. The standard InChI is InChI=1S/C17H13NO6/c1-9-13(6-10-2-4-11(5-3-10)18(22)23)17(21)24-15-8-12(19)7-14(20)16(9)15/h2-5,7-8,19-20H,6H2,1H3. The summed E-state index contributed by atoms with van der Waals surface area (Å²) in [4.78, 5) is 22.4. The van der Waals surface area contributed by atoms with Crippen molar-refractivity contribution in [1.82, 2.24) is 0 Å². The smallest absolute Gasteiger partial charge is 0.340 e. The quantitative estimate of drug-likeness (QED) is 0.434. The molecule has 0 amide bonds. The van der Waals surface area contributed by atoms with Crippen molar-refractivity contribution in [3.8, 4) is 11.5 Å². The Bertz CT molecular complexity index is 1000. The Kier molecular flexibility index (Phi) is 3.69. The minimum atomic E-state index is -0.580. The lowest BCUT2D eigenvalue weighted by molar-refractivity contribution is -0.384. The number of hydrogen-bond acceptors (Lipinski definition) is 6. The maximum Gasteiger partial charge on any atom is 0.340 e. The molecule has 0 radical (unpaired) electrons. The minimum Gasteiger partial charge on any atom is -0.508 e. The second-order valence-electron chi connectivity index (χ2n) is 5.43. The van der Waals surface area contributed by atoms with Crippen LogP contribution in [0.15, 0.2) is 45.6 Å². The molecule has 0 unspecified atom stereocenters. The highest BCUT2D eigenvalue weighted by atomic mass is 16.6. The van der Waals surface area contributed by atoms with Crippen molar-refractivity contribution in [3.05, 3.63) is 73.6 Å². The van der Waals surface area contributed by atoms with E-state index < -0.39 is 10.5 Å². The summed E-state index contributed by atoms with van der Waals surface area (Å²) in [7, 11) is 0. The van der Waals surface area contributed by atoms with Gasteiger partial charge in [-0.2, -0.15) is 0 Å². The van der Waals surface area contributed by atoms with Crippen LogP contribution in [0.4, 0.5) is 5.69 Å². The normalized spacial score (nSPS) is 10.9. The molecule has 1 aromatic heterocycles. The molecule has 1 heterocycles. The number of nitrogens with zero attached hydrogens (tertiary/aromatic N) is 1. The lowest BCUT2D eigenvalue weighted by Gasteiger charge is -2.09. The molecule has 7 heteroatoms. The third-order valence-electron chi connectivity index (χ3n) is 3.87. The first-order valence-corrected chi connectivity index (χ1v) is 7.08. The third-order valence-corrected chi connectivity index (χ3v) is 3.87. The SMILES string of the molecule is Cc1c(Cc2ccc([N+](=O)[O-])cc2)c(=O)oc2cc(O)cc(O)c12. The molecule has 122 valence electrons. The molecular formula is C17H13NO6. The highest BCUT2D eigenvalue weighted by Gasteiger charge is 2.16. The van der Waals surface area contributed by atoms with E-state index in [1.807, 2.05) is 0 Å². The fourth-order valence-electron chi connectivity index (χ4n) is 2.65. The molecule has 0 saturated heterocycles. The Labute approximate surface area is 135 Å². The van der Waals surface area contributed by atoms with Crippen molar-refractivity contribution in [2.45, 2.75) is 13.3 Å². The van der Waals surface area contributed by atoms with Gasteiger partial charge in [0.25, 0.3) is 5.69 Å². The fourth-order valence-corrected chi connectivity index (χ4v) is 2.65. The zero-order valence-electron chi connectivity index (χ0n) is 12.6. The topological polar surface area (TPSA) is 114 Å². The largest absolute Gasteiger partial charge is 0.508 e. The zero-order chi connectivity index (χ0) is 17.4. The molecule has 0 aliphatic carbocycles. The van der Waals surface area contributed by atoms with E-state index in [-0.39, 0.29) is 29.2 Å². The van der Waals surface area contributed by atoms with Crippen molar-refractivity contribution in [1.29, 1.82) is 0 Å². The summed E-state index contributed by atoms with van der Waals surface area (Å²) >= 11 is 0. The summed E-state index contributed by atoms with van der Waals surface area (Å²) in [6.45, 7) is 1.68. The van der Waals surface area contributed by atoms with E-state index in [4.69, 9.17) is 4.42 Å². The lowest BCUT2D eigenvalue weighted by Crippen LogP contribution is -2.11. The van der Waals surface area contributed by atoms with Gasteiger partial charge in [-0.1, -0.05) is 12.1 Å². The average Bonchev–Trinajstić information content (AvgIpc) is 2.50. The number of benzene rings is 2. The van der Waals surface area contributed by atoms with Crippen molar-refractivity contribution < 1.29 is 19.6 Å². The number of phenolic OH excluding ortho intramolecular Hbond substituents is 2. The predicted octanol–water partition coefficient (Wildman–Crippen LogP) is 3.01. The summed E-state index contributed by atoms with van der Waals surface area (Å²) in [5.74, 6) is -0.387. The first-order valence-electron chi connectivity index (χ1n) is 7.08. The Balaban J connectivity index is 2.09. The first kappa shape index (κ1) is 15.5. The minimum absolute atomic E-state index is 0.0332. The number of phenols is 2. The molecule has 0 atom stereocenters. The molecule has 0 aliphatic rings. The van der Waals surface area contributed by atoms with E-state index in [0.717, 1.165) is 0 Å². The Morgan fingerprint density at radius 2 is 1.83 bits per heavy atom. The molecule has 0 saturated carbocycles. The Hall–Kier alpha value is -3.35. The van der Waals surface area contributed by atoms with Gasteiger partial charge in [0.15, 0.2) is 0 Å². The highest BCUT2D eigenvalue weighted by molar-refractivity contribution is 5.88. The second-order valence-corrected chi connectivity index (χ2v) is 5.43. The van der Waals surface area contributed by atoms with Gasteiger partial charge in [-0.05, 0) is 18.1 Å². The van der Waals surface area contributed by atoms with Crippen LogP contribution in [0.25, 0.3) is 11.0 Å². The van der Waals surface area contributed by atoms with Crippen molar-refractivity contribution in [2.75, 3.05) is 0 Å². The van der Waals surface area contributed by atoms with E-state index in [1.165, 1.54) is 24.3 Å². The van der Waals surface area contributed by atoms with Crippen molar-refractivity contribution in [3.63, 3.8) is 0 Å². The molecule has 0 bridgehead atoms. The third kappa shape index (κ3) is 2.67. The summed E-state index contributed by atoms with van der Waals surface area (Å²) in [6, 6.07) is 8.30. The van der Waals surface area contributed by atoms with E-state index in [2.05, 4.69) is 0 Å². The molecule has 0 fully saturated rings. The van der Waals surface area contributed by atoms with Crippen LogP contribution in [0.2, 0.25) is 0 Å². The van der Waals surface area contributed by atoms with Crippen LogP contribution in [0.1, 0.15) is 16.7 Å². The van der Waals surface area contributed by atoms with E-state index in [9.17, 15) is 25.1 Å². The van der Waals surface area contributed by atoms with E-state index >= 15 is 0 Å². The van der Waals surface area contributed by atoms with Crippen LogP contribution in [-0.4, -0.2) is 15.1 Å². The fraction of sp³-hybridized carbons (Fsp3) is 0.118. The van der Waals surface area contributed by atoms with Crippen molar-refractivity contribution in [2.24, 2.45) is 0 Å². The van der Waals surface area contributed by atoms with Gasteiger partial charge in [-0.25, -0.2) is 4.79 Å². The molecule has 3 aromatic rings. The average molecular weight is 327 g/mol. The number of nitro benzene ring substituents is 1. The number of aromatic hydroxyl groups is 2. The van der Waals surface area contributed by atoms with Gasteiger partial charge >= 0.3 is 5.63 Å². The summed E-state index contributed by atoms with van der Waals surface area (Å²) in [6.07, 6.45) is 0.211. The molecule has 2 N–H and O–H groups in total. The van der Waals surface area contributed by atoms with E-state index in [1.54, 1.807) is 19.1 Å². The number of aryl methyl sites for hydroxylation is 1. The van der Waals surface area contributed by atoms with Crippen LogP contribution >= 0.6 is 0 Å². The van der Waals surface area contributed by atoms with Gasteiger partial charge in [0.05, 0.1) is 10.3 Å². The maximum absolute atomic E-state index is 12.2. The molecule has 0 aliphatic heterocycles. The van der Waals surface area contributed by atoms with E-state index in [0.29, 0.717) is 22.1 Å². The van der Waals surface area contributed by atoms with Gasteiger partial charge in [0, 0.05) is 36.2 Å². The van der Waals surface area contributed by atoms with Crippen LogP contribution in [0.5, 0.6) is 11.5 Å². The van der Waals surface area contributed by atoms with Gasteiger partial charge in [0.1, 0.15) is 17.1 Å². The number of non-ortho nitro benzene ring substituents is 1. The van der Waals surface area contributed by atoms with Gasteiger partial charge < -0.3 is 14.6 Å². The summed E-state index contributed by atoms with van der Waals surface area (Å²) in [5, 5.41) is 30.5. The van der Waals surface area contributed by atoms with Crippen LogP contribution in [0.3, 0.4) is 0 Å². The van der Waals surface area contributed by atoms with Crippen LogP contribution in [0, 0.1) is 17.0 Å². The molecule has 3 rings (SSSR count). The predicted molar refractivity (Wildman–Crippen MR) is 86.5 cm³/mol. The summed E-state index contributed by atoms with van der Waals surface area (Å²) < 4.78 is 5.19. The second kappa shape index (κ2) is 5.69. The maximum atomic E-state index is 12.2. The van der Waals surface area contributed by atoms with Gasteiger partial charge in [0.2, 0.25) is 0 Å². The first-order chi connectivity index (χ1) is 11.4. The van der Waals surface area contributed by atoms with Crippen molar-refractivity contribution >= 4 is 16.7 Å². The molecule has 24 heavy (non-hydrogen) atoms. The number of fused-ring (bicyclic) bond motifs is 1. The van der Waals surface area contributed by atoms with Gasteiger partial charge in [-0.3, -0.25) is 10.1 Å². The Morgan fingerprint density at radius 1 is 1.17 bits per heavy atom. The number of nitro groups is 1. The molecule has 7 nitrogen and oxygen atoms in total. The molecule has 2 aromatic carbocycles. The lowest BCUT2D eigenvalue weighted by atomic mass is 9.99. The zero-order valence-corrected chi connectivity index (χ0v) is 12.6. The Morgan fingerprint density at radius 3 is 2.46 bits per heavy atom. The van der Waals surface area contributed by atoms with Crippen LogP contribution in [-0.2, 0) is 6.42 Å². The number of hydrogen-bond donors (Lipinski definition) is 2. The summed E-state index contributed by atoms with van der Waals surface area (Å²) in [5.41, 5.74) is 1.07. The highest BCUT2D eigenvalue weighted by Crippen LogP contribution is 2.32. The molecule has 0 spiro atoms. The number of rotatable bonds is 3. The van der Waals surface area contributed by atoms with Crippen LogP contribution < -0.4 is 5.63 Å². The van der Waals surface area contributed by atoms with Gasteiger partial charge in [-0.15, -0.1) is 0 Å².